The number of hydrogen-bond acceptors (Lipinski definition) is 3. The normalized spacial score (nSPS) is 21.1. The fourth-order valence-corrected chi connectivity index (χ4v) is 2.43. The van der Waals surface area contributed by atoms with E-state index in [1.54, 1.807) is 0 Å². The molecular formula is C15H29NO2. The van der Waals surface area contributed by atoms with Gasteiger partial charge in [0.2, 0.25) is 0 Å². The van der Waals surface area contributed by atoms with E-state index in [4.69, 9.17) is 4.74 Å². The highest BCUT2D eigenvalue weighted by Crippen LogP contribution is 2.12. The molecule has 0 aromatic carbocycles. The summed E-state index contributed by atoms with van der Waals surface area (Å²) >= 11 is 0. The number of carbonyl (C=O) groups excluding carboxylic acids is 1. The van der Waals surface area contributed by atoms with Crippen molar-refractivity contribution >= 4 is 5.78 Å². The minimum absolute atomic E-state index is 0.158. The highest BCUT2D eigenvalue weighted by molar-refractivity contribution is 5.83. The van der Waals surface area contributed by atoms with Crippen LogP contribution < -0.4 is 0 Å². The standard InChI is InChI=1S/C15H29NO2/c1-3-5-6-7-8-9-10-14(17)15-13-16(4-2)11-12-18-15/h15H,3-13H2,1-2H3. The van der Waals surface area contributed by atoms with Crippen molar-refractivity contribution in [2.75, 3.05) is 26.2 Å². The Morgan fingerprint density at radius 3 is 2.61 bits per heavy atom. The summed E-state index contributed by atoms with van der Waals surface area (Å²) in [5, 5.41) is 0. The molecule has 0 aliphatic carbocycles. The monoisotopic (exact) mass is 255 g/mol. The maximum absolute atomic E-state index is 12.0. The predicted molar refractivity (Wildman–Crippen MR) is 74.9 cm³/mol. The molecule has 3 heteroatoms. The van der Waals surface area contributed by atoms with Gasteiger partial charge < -0.3 is 4.74 Å². The van der Waals surface area contributed by atoms with E-state index in [1.165, 1.54) is 32.1 Å². The molecule has 1 aliphatic heterocycles. The lowest BCUT2D eigenvalue weighted by atomic mass is 10.0. The van der Waals surface area contributed by atoms with Gasteiger partial charge in [-0.15, -0.1) is 0 Å². The maximum Gasteiger partial charge on any atom is 0.162 e. The number of hydrogen-bond donors (Lipinski definition) is 0. The van der Waals surface area contributed by atoms with E-state index in [9.17, 15) is 4.79 Å². The number of morpholine rings is 1. The molecule has 0 aromatic heterocycles. The highest BCUT2D eigenvalue weighted by Gasteiger charge is 2.24. The number of Topliss-reactive ketones (excluding diaryl/α,β-unsaturated/α-hetero) is 1. The van der Waals surface area contributed by atoms with Crippen molar-refractivity contribution in [1.82, 2.24) is 4.90 Å². The van der Waals surface area contributed by atoms with E-state index in [0.29, 0.717) is 18.8 Å². The lowest BCUT2D eigenvalue weighted by Crippen LogP contribution is -2.45. The lowest BCUT2D eigenvalue weighted by Gasteiger charge is -2.31. The van der Waals surface area contributed by atoms with Crippen LogP contribution in [0.1, 0.15) is 58.8 Å². The first-order valence-corrected chi connectivity index (χ1v) is 7.64. The number of ketones is 1. The molecule has 0 spiro atoms. The summed E-state index contributed by atoms with van der Waals surface area (Å²) in [5.41, 5.74) is 0. The van der Waals surface area contributed by atoms with Crippen molar-refractivity contribution in [3.8, 4) is 0 Å². The van der Waals surface area contributed by atoms with Crippen LogP contribution in [0.15, 0.2) is 0 Å². The van der Waals surface area contributed by atoms with Gasteiger partial charge in [0, 0.05) is 19.5 Å². The van der Waals surface area contributed by atoms with Crippen molar-refractivity contribution in [2.45, 2.75) is 64.9 Å². The zero-order valence-corrected chi connectivity index (χ0v) is 12.1. The Balaban J connectivity index is 2.08. The molecule has 3 nitrogen and oxygen atoms in total. The van der Waals surface area contributed by atoms with Crippen LogP contribution in [-0.2, 0) is 9.53 Å². The summed E-state index contributed by atoms with van der Waals surface area (Å²) in [4.78, 5) is 14.3. The third-order valence-electron chi connectivity index (χ3n) is 3.73. The fraction of sp³-hybridized carbons (Fsp3) is 0.933. The molecule has 1 heterocycles. The van der Waals surface area contributed by atoms with Crippen molar-refractivity contribution in [2.24, 2.45) is 0 Å². The molecule has 1 unspecified atom stereocenters. The van der Waals surface area contributed by atoms with Crippen LogP contribution in [0.3, 0.4) is 0 Å². The van der Waals surface area contributed by atoms with Crippen LogP contribution in [0.2, 0.25) is 0 Å². The number of rotatable bonds is 9. The lowest BCUT2D eigenvalue weighted by molar-refractivity contribution is -0.136. The molecule has 1 atom stereocenters. The summed E-state index contributed by atoms with van der Waals surface area (Å²) in [6, 6.07) is 0. The highest BCUT2D eigenvalue weighted by atomic mass is 16.5. The molecule has 1 fully saturated rings. The fourth-order valence-electron chi connectivity index (χ4n) is 2.43. The average Bonchev–Trinajstić information content (AvgIpc) is 2.42. The van der Waals surface area contributed by atoms with Gasteiger partial charge in [-0.3, -0.25) is 9.69 Å². The van der Waals surface area contributed by atoms with E-state index in [-0.39, 0.29) is 6.10 Å². The molecule has 0 saturated carbocycles. The molecule has 0 N–H and O–H groups in total. The smallest absolute Gasteiger partial charge is 0.162 e. The van der Waals surface area contributed by atoms with Gasteiger partial charge in [-0.2, -0.15) is 0 Å². The van der Waals surface area contributed by atoms with Crippen molar-refractivity contribution in [3.05, 3.63) is 0 Å². The average molecular weight is 255 g/mol. The van der Waals surface area contributed by atoms with Gasteiger partial charge in [0.1, 0.15) is 6.10 Å². The van der Waals surface area contributed by atoms with Crippen LogP contribution in [0.5, 0.6) is 0 Å². The SMILES string of the molecule is CCCCCCCCC(=O)C1CN(CC)CCO1. The second kappa shape index (κ2) is 9.51. The first-order valence-electron chi connectivity index (χ1n) is 7.64. The largest absolute Gasteiger partial charge is 0.368 e. The summed E-state index contributed by atoms with van der Waals surface area (Å²) in [6.45, 7) is 7.86. The number of carbonyl (C=O) groups is 1. The number of likely N-dealkylation sites (N-methyl/N-ethyl adjacent to an activating group) is 1. The summed E-state index contributed by atoms with van der Waals surface area (Å²) in [7, 11) is 0. The van der Waals surface area contributed by atoms with Crippen LogP contribution in [0.4, 0.5) is 0 Å². The van der Waals surface area contributed by atoms with E-state index < -0.39 is 0 Å². The molecule has 18 heavy (non-hydrogen) atoms. The molecule has 106 valence electrons. The topological polar surface area (TPSA) is 29.5 Å². The van der Waals surface area contributed by atoms with Gasteiger partial charge in [0.15, 0.2) is 5.78 Å². The van der Waals surface area contributed by atoms with E-state index in [0.717, 1.165) is 26.1 Å². The third kappa shape index (κ3) is 5.96. The van der Waals surface area contributed by atoms with Gasteiger partial charge in [-0.05, 0) is 13.0 Å². The van der Waals surface area contributed by atoms with Gasteiger partial charge in [0.25, 0.3) is 0 Å². The summed E-state index contributed by atoms with van der Waals surface area (Å²) < 4.78 is 5.58. The quantitative estimate of drug-likeness (QED) is 0.593. The van der Waals surface area contributed by atoms with Crippen LogP contribution >= 0.6 is 0 Å². The third-order valence-corrected chi connectivity index (χ3v) is 3.73. The second-order valence-corrected chi connectivity index (χ2v) is 5.24. The molecule has 0 bridgehead atoms. The Hall–Kier alpha value is -0.410. The first kappa shape index (κ1) is 15.6. The van der Waals surface area contributed by atoms with Crippen LogP contribution in [-0.4, -0.2) is 43.0 Å². The molecule has 0 aromatic rings. The summed E-state index contributed by atoms with van der Waals surface area (Å²) in [6.07, 6.45) is 7.96. The Morgan fingerprint density at radius 1 is 1.17 bits per heavy atom. The molecule has 1 saturated heterocycles. The van der Waals surface area contributed by atoms with Gasteiger partial charge in [0.05, 0.1) is 6.61 Å². The minimum atomic E-state index is -0.158. The number of unbranched alkanes of at least 4 members (excludes halogenated alkanes) is 5. The zero-order valence-electron chi connectivity index (χ0n) is 12.1. The van der Waals surface area contributed by atoms with Crippen LogP contribution in [0, 0.1) is 0 Å². The molecule has 0 radical (unpaired) electrons. The summed E-state index contributed by atoms with van der Waals surface area (Å²) in [5.74, 6) is 0.309. The Kier molecular flexibility index (Phi) is 8.27. The van der Waals surface area contributed by atoms with Gasteiger partial charge >= 0.3 is 0 Å². The first-order chi connectivity index (χ1) is 8.77. The van der Waals surface area contributed by atoms with Crippen molar-refractivity contribution < 1.29 is 9.53 Å². The van der Waals surface area contributed by atoms with Gasteiger partial charge in [-0.25, -0.2) is 0 Å². The van der Waals surface area contributed by atoms with E-state index >= 15 is 0 Å². The van der Waals surface area contributed by atoms with Gasteiger partial charge in [-0.1, -0.05) is 46.0 Å². The van der Waals surface area contributed by atoms with E-state index in [2.05, 4.69) is 18.7 Å². The minimum Gasteiger partial charge on any atom is -0.368 e. The predicted octanol–water partition coefficient (Wildman–Crippen LogP) is 3.03. The Labute approximate surface area is 112 Å². The Bertz CT molecular complexity index is 231. The Morgan fingerprint density at radius 2 is 1.89 bits per heavy atom. The molecule has 1 rings (SSSR count). The second-order valence-electron chi connectivity index (χ2n) is 5.24. The van der Waals surface area contributed by atoms with Crippen molar-refractivity contribution in [1.29, 1.82) is 0 Å². The zero-order chi connectivity index (χ0) is 13.2. The number of ether oxygens (including phenoxy) is 1. The number of nitrogens with zero attached hydrogens (tertiary/aromatic N) is 1. The molecular weight excluding hydrogens is 226 g/mol. The van der Waals surface area contributed by atoms with Crippen LogP contribution in [0.25, 0.3) is 0 Å². The maximum atomic E-state index is 12.0. The van der Waals surface area contributed by atoms with Crippen molar-refractivity contribution in [3.63, 3.8) is 0 Å². The molecule has 0 amide bonds. The van der Waals surface area contributed by atoms with E-state index in [1.807, 2.05) is 0 Å². The molecule has 1 aliphatic rings.